The third-order valence-corrected chi connectivity index (χ3v) is 3.39. The first kappa shape index (κ1) is 12.6. The average molecular weight is 242 g/mol. The number of aliphatic imine (C=N–C) groups is 1. The first-order valence-electron chi connectivity index (χ1n) is 6.33. The summed E-state index contributed by atoms with van der Waals surface area (Å²) in [7, 11) is 1.68. The van der Waals surface area contributed by atoms with E-state index < -0.39 is 0 Å². The van der Waals surface area contributed by atoms with Crippen LogP contribution >= 0.6 is 0 Å². The van der Waals surface area contributed by atoms with Gasteiger partial charge < -0.3 is 4.74 Å². The number of benzene rings is 1. The molecule has 0 saturated carbocycles. The summed E-state index contributed by atoms with van der Waals surface area (Å²) < 4.78 is 5.21. The van der Waals surface area contributed by atoms with Crippen LogP contribution in [0, 0.1) is 18.3 Å². The number of ether oxygens (including phenoxy) is 1. The molecule has 0 aromatic heterocycles. The molecule has 1 unspecified atom stereocenters. The van der Waals surface area contributed by atoms with E-state index in [0.717, 1.165) is 25.0 Å². The standard InChI is InChI=1S/C15H18N2O/c1-11-10-13(18-2)6-7-14(11)15-8-5-12(17-15)4-3-9-16/h6-7,10,12H,3-5,8H2,1-2H3. The molecule has 0 amide bonds. The minimum absolute atomic E-state index is 0.334. The van der Waals surface area contributed by atoms with Gasteiger partial charge in [-0.3, -0.25) is 4.99 Å². The molecule has 0 saturated heterocycles. The predicted octanol–water partition coefficient (Wildman–Crippen LogP) is 3.26. The Morgan fingerprint density at radius 3 is 3.00 bits per heavy atom. The molecule has 3 nitrogen and oxygen atoms in total. The molecule has 1 aromatic carbocycles. The van der Waals surface area contributed by atoms with Gasteiger partial charge in [0.05, 0.1) is 19.2 Å². The SMILES string of the molecule is COc1ccc(C2=NC(CCC#N)CC2)c(C)c1. The van der Waals surface area contributed by atoms with Crippen molar-refractivity contribution in [1.82, 2.24) is 0 Å². The maximum absolute atomic E-state index is 8.60. The molecule has 3 heteroatoms. The summed E-state index contributed by atoms with van der Waals surface area (Å²) in [6.45, 7) is 2.09. The fraction of sp³-hybridized carbons (Fsp3) is 0.467. The molecule has 0 bridgehead atoms. The van der Waals surface area contributed by atoms with Crippen LogP contribution in [0.5, 0.6) is 5.75 Å². The average Bonchev–Trinajstić information content (AvgIpc) is 2.84. The molecular formula is C15H18N2O. The van der Waals surface area contributed by atoms with Gasteiger partial charge in [0, 0.05) is 12.1 Å². The second-order valence-corrected chi connectivity index (χ2v) is 4.65. The lowest BCUT2D eigenvalue weighted by Crippen LogP contribution is -2.00. The van der Waals surface area contributed by atoms with Crippen LogP contribution in [-0.4, -0.2) is 18.9 Å². The summed E-state index contributed by atoms with van der Waals surface area (Å²) in [5.74, 6) is 0.885. The fourth-order valence-electron chi connectivity index (χ4n) is 2.38. The van der Waals surface area contributed by atoms with Crippen LogP contribution in [0.25, 0.3) is 0 Å². The van der Waals surface area contributed by atoms with Crippen molar-refractivity contribution in [2.24, 2.45) is 4.99 Å². The fourth-order valence-corrected chi connectivity index (χ4v) is 2.38. The van der Waals surface area contributed by atoms with Gasteiger partial charge >= 0.3 is 0 Å². The Hall–Kier alpha value is -1.82. The van der Waals surface area contributed by atoms with Crippen LogP contribution in [0.1, 0.15) is 36.8 Å². The van der Waals surface area contributed by atoms with Gasteiger partial charge in [0.2, 0.25) is 0 Å². The third-order valence-electron chi connectivity index (χ3n) is 3.39. The quantitative estimate of drug-likeness (QED) is 0.813. The number of nitriles is 1. The van der Waals surface area contributed by atoms with Crippen LogP contribution in [0.4, 0.5) is 0 Å². The van der Waals surface area contributed by atoms with Gasteiger partial charge in [0.15, 0.2) is 0 Å². The van der Waals surface area contributed by atoms with Crippen LogP contribution in [-0.2, 0) is 0 Å². The lowest BCUT2D eigenvalue weighted by Gasteiger charge is -2.07. The van der Waals surface area contributed by atoms with E-state index in [2.05, 4.69) is 19.1 Å². The van der Waals surface area contributed by atoms with Gasteiger partial charge in [-0.25, -0.2) is 0 Å². The van der Waals surface area contributed by atoms with Gasteiger partial charge in [0.25, 0.3) is 0 Å². The number of rotatable bonds is 4. The number of hydrogen-bond acceptors (Lipinski definition) is 3. The molecule has 1 heterocycles. The van der Waals surface area contributed by atoms with Crippen molar-refractivity contribution < 1.29 is 4.74 Å². The van der Waals surface area contributed by atoms with Crippen molar-refractivity contribution >= 4 is 5.71 Å². The highest BCUT2D eigenvalue weighted by molar-refractivity contribution is 6.03. The zero-order chi connectivity index (χ0) is 13.0. The van der Waals surface area contributed by atoms with E-state index in [9.17, 15) is 0 Å². The van der Waals surface area contributed by atoms with E-state index in [4.69, 9.17) is 15.0 Å². The van der Waals surface area contributed by atoms with Gasteiger partial charge in [-0.1, -0.05) is 0 Å². The zero-order valence-electron chi connectivity index (χ0n) is 10.9. The van der Waals surface area contributed by atoms with Crippen molar-refractivity contribution in [1.29, 1.82) is 5.26 Å². The molecule has 1 aliphatic rings. The van der Waals surface area contributed by atoms with E-state index in [1.54, 1.807) is 7.11 Å². The molecule has 1 aromatic rings. The summed E-state index contributed by atoms with van der Waals surface area (Å²) >= 11 is 0. The van der Waals surface area contributed by atoms with Crippen LogP contribution in [0.3, 0.4) is 0 Å². The Balaban J connectivity index is 2.15. The Morgan fingerprint density at radius 1 is 1.50 bits per heavy atom. The Morgan fingerprint density at radius 2 is 2.33 bits per heavy atom. The molecule has 18 heavy (non-hydrogen) atoms. The van der Waals surface area contributed by atoms with Crippen LogP contribution in [0.2, 0.25) is 0 Å². The predicted molar refractivity (Wildman–Crippen MR) is 72.1 cm³/mol. The molecule has 1 aliphatic heterocycles. The van der Waals surface area contributed by atoms with Crippen molar-refractivity contribution in [3.63, 3.8) is 0 Å². The summed E-state index contributed by atoms with van der Waals surface area (Å²) in [6.07, 6.45) is 3.57. The lowest BCUT2D eigenvalue weighted by molar-refractivity contribution is 0.414. The first-order valence-corrected chi connectivity index (χ1v) is 6.33. The van der Waals surface area contributed by atoms with Crippen molar-refractivity contribution in [2.45, 2.75) is 38.6 Å². The Kier molecular flexibility index (Phi) is 3.99. The third kappa shape index (κ3) is 2.70. The number of hydrogen-bond donors (Lipinski definition) is 0. The minimum atomic E-state index is 0.334. The van der Waals surface area contributed by atoms with Gasteiger partial charge in [0.1, 0.15) is 5.75 Å². The monoisotopic (exact) mass is 242 g/mol. The highest BCUT2D eigenvalue weighted by Crippen LogP contribution is 2.25. The molecule has 94 valence electrons. The van der Waals surface area contributed by atoms with Crippen molar-refractivity contribution in [3.05, 3.63) is 29.3 Å². The normalized spacial score (nSPS) is 18.3. The maximum atomic E-state index is 8.60. The van der Waals surface area contributed by atoms with E-state index in [-0.39, 0.29) is 0 Å². The summed E-state index contributed by atoms with van der Waals surface area (Å²) in [6, 6.07) is 8.63. The number of methoxy groups -OCH3 is 1. The van der Waals surface area contributed by atoms with E-state index >= 15 is 0 Å². The molecule has 0 radical (unpaired) electrons. The topological polar surface area (TPSA) is 45.4 Å². The van der Waals surface area contributed by atoms with E-state index in [1.807, 2.05) is 12.1 Å². The van der Waals surface area contributed by atoms with Crippen LogP contribution < -0.4 is 4.74 Å². The largest absolute Gasteiger partial charge is 0.497 e. The van der Waals surface area contributed by atoms with Gasteiger partial charge in [-0.15, -0.1) is 0 Å². The minimum Gasteiger partial charge on any atom is -0.497 e. The number of aryl methyl sites for hydroxylation is 1. The molecule has 0 N–H and O–H groups in total. The second kappa shape index (κ2) is 5.68. The van der Waals surface area contributed by atoms with E-state index in [0.29, 0.717) is 12.5 Å². The van der Waals surface area contributed by atoms with E-state index in [1.165, 1.54) is 16.8 Å². The van der Waals surface area contributed by atoms with Gasteiger partial charge in [-0.05, 0) is 55.5 Å². The Labute approximate surface area is 108 Å². The van der Waals surface area contributed by atoms with Gasteiger partial charge in [-0.2, -0.15) is 5.26 Å². The maximum Gasteiger partial charge on any atom is 0.119 e. The molecule has 0 spiro atoms. The van der Waals surface area contributed by atoms with Crippen molar-refractivity contribution in [3.8, 4) is 11.8 Å². The first-order chi connectivity index (χ1) is 8.74. The highest BCUT2D eigenvalue weighted by atomic mass is 16.5. The molecule has 1 atom stereocenters. The summed E-state index contributed by atoms with van der Waals surface area (Å²) in [5, 5.41) is 8.60. The number of nitrogens with zero attached hydrogens (tertiary/aromatic N) is 2. The molecule has 0 aliphatic carbocycles. The Bertz CT molecular complexity index is 500. The smallest absolute Gasteiger partial charge is 0.119 e. The second-order valence-electron chi connectivity index (χ2n) is 4.65. The molecule has 2 rings (SSSR count). The lowest BCUT2D eigenvalue weighted by atomic mass is 10.0. The zero-order valence-corrected chi connectivity index (χ0v) is 10.9. The summed E-state index contributed by atoms with van der Waals surface area (Å²) in [4.78, 5) is 4.74. The molecular weight excluding hydrogens is 224 g/mol. The summed E-state index contributed by atoms with van der Waals surface area (Å²) in [5.41, 5.74) is 3.60. The van der Waals surface area contributed by atoms with Crippen LogP contribution in [0.15, 0.2) is 23.2 Å². The highest BCUT2D eigenvalue weighted by Gasteiger charge is 2.19. The van der Waals surface area contributed by atoms with Crippen molar-refractivity contribution in [2.75, 3.05) is 7.11 Å². The molecule has 0 fully saturated rings.